The molecule has 1 rings (SSSR count). The monoisotopic (exact) mass is 242 g/mol. The minimum atomic E-state index is -0.453. The molecule has 1 aromatic carbocycles. The van der Waals surface area contributed by atoms with Crippen LogP contribution in [0.3, 0.4) is 0 Å². The van der Waals surface area contributed by atoms with Crippen molar-refractivity contribution in [2.24, 2.45) is 5.92 Å². The van der Waals surface area contributed by atoms with Gasteiger partial charge in [-0.15, -0.1) is 0 Å². The fourth-order valence-corrected chi connectivity index (χ4v) is 1.34. The quantitative estimate of drug-likeness (QED) is 0.825. The van der Waals surface area contributed by atoms with Gasteiger partial charge < -0.3 is 9.84 Å². The molecule has 1 unspecified atom stereocenters. The third kappa shape index (κ3) is 3.42. The number of ether oxygens (including phenoxy) is 1. The Morgan fingerprint density at radius 2 is 2.25 bits per heavy atom. The van der Waals surface area contributed by atoms with Gasteiger partial charge in [-0.1, -0.05) is 31.9 Å². The highest BCUT2D eigenvalue weighted by molar-refractivity contribution is 6.33. The van der Waals surface area contributed by atoms with Crippen LogP contribution in [0.25, 0.3) is 0 Å². The number of hydrogen-bond acceptors (Lipinski definition) is 3. The lowest BCUT2D eigenvalue weighted by Crippen LogP contribution is -2.11. The predicted molar refractivity (Wildman–Crippen MR) is 62.9 cm³/mol. The van der Waals surface area contributed by atoms with Gasteiger partial charge in [0.1, 0.15) is 5.75 Å². The lowest BCUT2D eigenvalue weighted by atomic mass is 10.1. The number of hydrogen-bond donors (Lipinski definition) is 1. The topological polar surface area (TPSA) is 46.5 Å². The van der Waals surface area contributed by atoms with E-state index in [2.05, 4.69) is 0 Å². The zero-order chi connectivity index (χ0) is 12.1. The van der Waals surface area contributed by atoms with E-state index in [0.717, 1.165) is 6.42 Å². The van der Waals surface area contributed by atoms with Crippen LogP contribution in [0.1, 0.15) is 30.6 Å². The molecular weight excluding hydrogens is 228 g/mol. The van der Waals surface area contributed by atoms with Crippen molar-refractivity contribution in [1.82, 2.24) is 0 Å². The van der Waals surface area contributed by atoms with Gasteiger partial charge in [0.15, 0.2) is 0 Å². The Labute approximate surface area is 100.0 Å². The highest BCUT2D eigenvalue weighted by Gasteiger charge is 2.13. The summed E-state index contributed by atoms with van der Waals surface area (Å²) in [6.45, 7) is 4.42. The summed E-state index contributed by atoms with van der Waals surface area (Å²) in [7, 11) is 0. The van der Waals surface area contributed by atoms with Gasteiger partial charge in [-0.3, -0.25) is 0 Å². The first-order valence-corrected chi connectivity index (χ1v) is 5.58. The van der Waals surface area contributed by atoms with E-state index in [1.165, 1.54) is 18.2 Å². The molecule has 0 fully saturated rings. The average molecular weight is 243 g/mol. The number of phenols is 1. The number of benzene rings is 1. The van der Waals surface area contributed by atoms with Gasteiger partial charge in [-0.05, 0) is 24.1 Å². The summed E-state index contributed by atoms with van der Waals surface area (Å²) in [5.74, 6) is -0.0892. The summed E-state index contributed by atoms with van der Waals surface area (Å²) in [6, 6.07) is 4.18. The maximum absolute atomic E-state index is 11.6. The number of carbonyl (C=O) groups is 1. The maximum atomic E-state index is 11.6. The zero-order valence-electron chi connectivity index (χ0n) is 9.37. The molecule has 0 spiro atoms. The van der Waals surface area contributed by atoms with Crippen molar-refractivity contribution in [3.8, 4) is 5.75 Å². The van der Waals surface area contributed by atoms with Crippen molar-refractivity contribution in [2.75, 3.05) is 6.61 Å². The molecule has 0 bridgehead atoms. The molecule has 1 N–H and O–H groups in total. The molecular formula is C12H15ClO3. The van der Waals surface area contributed by atoms with Crippen molar-refractivity contribution in [1.29, 1.82) is 0 Å². The first-order chi connectivity index (χ1) is 7.54. The Morgan fingerprint density at radius 1 is 1.56 bits per heavy atom. The molecule has 0 heterocycles. The van der Waals surface area contributed by atoms with Crippen LogP contribution in [-0.2, 0) is 4.74 Å². The third-order valence-electron chi connectivity index (χ3n) is 2.37. The van der Waals surface area contributed by atoms with Crippen molar-refractivity contribution < 1.29 is 14.6 Å². The SMILES string of the molecule is CCC(C)COC(=O)c1ccc(O)cc1Cl. The van der Waals surface area contributed by atoms with Gasteiger partial charge in [0, 0.05) is 0 Å². The average Bonchev–Trinajstić information content (AvgIpc) is 2.25. The largest absolute Gasteiger partial charge is 0.508 e. The van der Waals surface area contributed by atoms with Crippen molar-refractivity contribution in [3.05, 3.63) is 28.8 Å². The molecule has 0 aromatic heterocycles. The van der Waals surface area contributed by atoms with Crippen LogP contribution in [0.15, 0.2) is 18.2 Å². The number of halogens is 1. The number of esters is 1. The summed E-state index contributed by atoms with van der Waals surface area (Å²) in [5, 5.41) is 9.34. The normalized spacial score (nSPS) is 12.2. The minimum absolute atomic E-state index is 0.0310. The summed E-state index contributed by atoms with van der Waals surface area (Å²) in [6.07, 6.45) is 0.955. The highest BCUT2D eigenvalue weighted by Crippen LogP contribution is 2.22. The number of phenolic OH excluding ortho intramolecular Hbond substituents is 1. The van der Waals surface area contributed by atoms with Crippen molar-refractivity contribution in [3.63, 3.8) is 0 Å². The van der Waals surface area contributed by atoms with E-state index < -0.39 is 5.97 Å². The molecule has 0 aliphatic carbocycles. The van der Waals surface area contributed by atoms with Crippen LogP contribution in [-0.4, -0.2) is 17.7 Å². The van der Waals surface area contributed by atoms with Crippen LogP contribution in [0.4, 0.5) is 0 Å². The molecule has 1 aromatic rings. The molecule has 0 aliphatic rings. The molecule has 1 atom stereocenters. The second-order valence-corrected chi connectivity index (χ2v) is 4.18. The molecule has 16 heavy (non-hydrogen) atoms. The van der Waals surface area contributed by atoms with Gasteiger partial charge in [-0.2, -0.15) is 0 Å². The molecule has 0 saturated carbocycles. The predicted octanol–water partition coefficient (Wildman–Crippen LogP) is 3.25. The van der Waals surface area contributed by atoms with Gasteiger partial charge in [-0.25, -0.2) is 4.79 Å². The van der Waals surface area contributed by atoms with Crippen molar-refractivity contribution >= 4 is 17.6 Å². The first kappa shape index (κ1) is 12.8. The minimum Gasteiger partial charge on any atom is -0.508 e. The summed E-state index contributed by atoms with van der Waals surface area (Å²) >= 11 is 5.81. The second kappa shape index (κ2) is 5.75. The van der Waals surface area contributed by atoms with E-state index in [0.29, 0.717) is 12.5 Å². The lowest BCUT2D eigenvalue weighted by molar-refractivity contribution is 0.0447. The van der Waals surface area contributed by atoms with Gasteiger partial charge in [0.05, 0.1) is 17.2 Å². The number of aromatic hydroxyl groups is 1. The summed E-state index contributed by atoms with van der Waals surface area (Å²) in [4.78, 5) is 11.6. The number of rotatable bonds is 4. The van der Waals surface area contributed by atoms with Crippen molar-refractivity contribution in [2.45, 2.75) is 20.3 Å². The van der Waals surface area contributed by atoms with Crippen LogP contribution < -0.4 is 0 Å². The van der Waals surface area contributed by atoms with Gasteiger partial charge in [0.2, 0.25) is 0 Å². The molecule has 0 saturated heterocycles. The lowest BCUT2D eigenvalue weighted by Gasteiger charge is -2.10. The van der Waals surface area contributed by atoms with Gasteiger partial charge >= 0.3 is 5.97 Å². The third-order valence-corrected chi connectivity index (χ3v) is 2.68. The maximum Gasteiger partial charge on any atom is 0.339 e. The Morgan fingerprint density at radius 3 is 2.81 bits per heavy atom. The molecule has 0 radical (unpaired) electrons. The summed E-state index contributed by atoms with van der Waals surface area (Å²) in [5.41, 5.74) is 0.280. The van der Waals surface area contributed by atoms with Crippen LogP contribution in [0.5, 0.6) is 5.75 Å². The van der Waals surface area contributed by atoms with Crippen LogP contribution in [0, 0.1) is 5.92 Å². The van der Waals surface area contributed by atoms with Gasteiger partial charge in [0.25, 0.3) is 0 Å². The van der Waals surface area contributed by atoms with E-state index in [9.17, 15) is 4.79 Å². The standard InChI is InChI=1S/C12H15ClO3/c1-3-8(2)7-16-12(15)10-5-4-9(14)6-11(10)13/h4-6,8,14H,3,7H2,1-2H3. The Balaban J connectivity index is 2.66. The molecule has 4 heteroatoms. The van der Waals surface area contributed by atoms with Crippen LogP contribution >= 0.6 is 11.6 Å². The van der Waals surface area contributed by atoms with E-state index in [1.54, 1.807) is 0 Å². The fraction of sp³-hybridized carbons (Fsp3) is 0.417. The zero-order valence-corrected chi connectivity index (χ0v) is 10.1. The smallest absolute Gasteiger partial charge is 0.339 e. The van der Waals surface area contributed by atoms with E-state index in [1.807, 2.05) is 13.8 Å². The summed E-state index contributed by atoms with van der Waals surface area (Å²) < 4.78 is 5.10. The molecule has 3 nitrogen and oxygen atoms in total. The highest BCUT2D eigenvalue weighted by atomic mass is 35.5. The fourth-order valence-electron chi connectivity index (χ4n) is 1.08. The second-order valence-electron chi connectivity index (χ2n) is 3.78. The Hall–Kier alpha value is -1.22. The van der Waals surface area contributed by atoms with E-state index >= 15 is 0 Å². The molecule has 88 valence electrons. The first-order valence-electron chi connectivity index (χ1n) is 5.20. The Kier molecular flexibility index (Phi) is 4.62. The molecule has 0 aliphatic heterocycles. The van der Waals surface area contributed by atoms with E-state index in [4.69, 9.17) is 21.4 Å². The number of carbonyl (C=O) groups excluding carboxylic acids is 1. The molecule has 0 amide bonds. The van der Waals surface area contributed by atoms with Crippen LogP contribution in [0.2, 0.25) is 5.02 Å². The van der Waals surface area contributed by atoms with E-state index in [-0.39, 0.29) is 16.3 Å². The Bertz CT molecular complexity index is 377.